The van der Waals surface area contributed by atoms with Gasteiger partial charge in [-0.1, -0.05) is 26.7 Å². The van der Waals surface area contributed by atoms with Crippen LogP contribution in [0.25, 0.3) is 0 Å². The fourth-order valence-corrected chi connectivity index (χ4v) is 2.91. The van der Waals surface area contributed by atoms with Gasteiger partial charge in [-0.2, -0.15) is 0 Å². The number of hydrogen-bond donors (Lipinski definition) is 2. The number of carboxylic acids is 1. The van der Waals surface area contributed by atoms with E-state index in [0.717, 1.165) is 19.3 Å². The molecule has 2 N–H and O–H groups in total. The highest BCUT2D eigenvalue weighted by molar-refractivity contribution is 5.94. The molecule has 0 radical (unpaired) electrons. The summed E-state index contributed by atoms with van der Waals surface area (Å²) < 4.78 is 0. The van der Waals surface area contributed by atoms with E-state index in [1.165, 1.54) is 18.6 Å². The Bertz CT molecular complexity index is 505. The van der Waals surface area contributed by atoms with Crippen molar-refractivity contribution >= 4 is 17.6 Å². The number of rotatable bonds is 3. The molecule has 1 aliphatic carbocycles. The number of carbonyl (C=O) groups excluding carboxylic acids is 1. The van der Waals surface area contributed by atoms with Crippen molar-refractivity contribution in [1.82, 2.24) is 0 Å². The van der Waals surface area contributed by atoms with Crippen molar-refractivity contribution in [3.63, 3.8) is 0 Å². The molecule has 0 bridgehead atoms. The third-order valence-corrected chi connectivity index (χ3v) is 4.22. The second-order valence-corrected chi connectivity index (χ2v) is 6.16. The van der Waals surface area contributed by atoms with Gasteiger partial charge in [0.25, 0.3) is 0 Å². The van der Waals surface area contributed by atoms with Gasteiger partial charge in [0.15, 0.2) is 0 Å². The number of benzene rings is 1. The predicted molar refractivity (Wildman–Crippen MR) is 77.8 cm³/mol. The maximum absolute atomic E-state index is 12.4. The highest BCUT2D eigenvalue weighted by atomic mass is 16.4. The highest BCUT2D eigenvalue weighted by Gasteiger charge is 2.37. The molecule has 1 amide bonds. The molecule has 1 unspecified atom stereocenters. The number of anilines is 1. The molecule has 4 nitrogen and oxygen atoms in total. The molecule has 0 aliphatic heterocycles. The Morgan fingerprint density at radius 1 is 1.20 bits per heavy atom. The molecule has 1 aliphatic rings. The van der Waals surface area contributed by atoms with E-state index >= 15 is 0 Å². The number of carbonyl (C=O) groups is 2. The van der Waals surface area contributed by atoms with Gasteiger partial charge in [-0.05, 0) is 42.5 Å². The van der Waals surface area contributed by atoms with Crippen LogP contribution in [0.5, 0.6) is 0 Å². The molecule has 4 heteroatoms. The Hall–Kier alpha value is -1.84. The molecule has 0 heterocycles. The van der Waals surface area contributed by atoms with E-state index in [4.69, 9.17) is 5.11 Å². The van der Waals surface area contributed by atoms with Crippen LogP contribution in [0.3, 0.4) is 0 Å². The Morgan fingerprint density at radius 2 is 1.85 bits per heavy atom. The van der Waals surface area contributed by atoms with Gasteiger partial charge in [0.1, 0.15) is 0 Å². The summed E-state index contributed by atoms with van der Waals surface area (Å²) in [6.07, 6.45) is 4.28. The van der Waals surface area contributed by atoms with Gasteiger partial charge in [-0.3, -0.25) is 4.79 Å². The van der Waals surface area contributed by atoms with E-state index in [-0.39, 0.29) is 22.8 Å². The van der Waals surface area contributed by atoms with Gasteiger partial charge >= 0.3 is 5.97 Å². The first-order valence-corrected chi connectivity index (χ1v) is 7.04. The van der Waals surface area contributed by atoms with Crippen molar-refractivity contribution in [2.24, 2.45) is 11.3 Å². The van der Waals surface area contributed by atoms with Gasteiger partial charge in [0.05, 0.1) is 5.56 Å². The van der Waals surface area contributed by atoms with Crippen molar-refractivity contribution < 1.29 is 14.7 Å². The van der Waals surface area contributed by atoms with Crippen LogP contribution in [0, 0.1) is 11.3 Å². The third kappa shape index (κ3) is 3.18. The summed E-state index contributed by atoms with van der Waals surface area (Å²) >= 11 is 0. The van der Waals surface area contributed by atoms with E-state index in [0.29, 0.717) is 5.69 Å². The van der Waals surface area contributed by atoms with Crippen LogP contribution in [0.15, 0.2) is 24.3 Å². The molecule has 2 rings (SSSR count). The van der Waals surface area contributed by atoms with Crippen LogP contribution in [0.2, 0.25) is 0 Å². The Labute approximate surface area is 119 Å². The first-order chi connectivity index (χ1) is 9.40. The Balaban J connectivity index is 2.05. The predicted octanol–water partition coefficient (Wildman–Crippen LogP) is 3.54. The first kappa shape index (κ1) is 14.6. The number of amides is 1. The fourth-order valence-electron chi connectivity index (χ4n) is 2.91. The van der Waals surface area contributed by atoms with Crippen LogP contribution in [0.1, 0.15) is 49.9 Å². The number of nitrogens with one attached hydrogen (secondary N) is 1. The SMILES string of the molecule is CC1(C)CCCCC1C(=O)Nc1ccc(C(=O)O)cc1. The van der Waals surface area contributed by atoms with Crippen LogP contribution >= 0.6 is 0 Å². The zero-order valence-corrected chi connectivity index (χ0v) is 12.0. The van der Waals surface area contributed by atoms with Crippen molar-refractivity contribution in [2.45, 2.75) is 39.5 Å². The minimum atomic E-state index is -0.962. The maximum Gasteiger partial charge on any atom is 0.335 e. The van der Waals surface area contributed by atoms with Crippen LogP contribution in [-0.2, 0) is 4.79 Å². The number of aromatic carboxylic acids is 1. The first-order valence-electron chi connectivity index (χ1n) is 7.04. The van der Waals surface area contributed by atoms with Crippen LogP contribution in [0.4, 0.5) is 5.69 Å². The molecule has 0 saturated heterocycles. The van der Waals surface area contributed by atoms with E-state index in [1.54, 1.807) is 12.1 Å². The van der Waals surface area contributed by atoms with Crippen LogP contribution in [-0.4, -0.2) is 17.0 Å². The average Bonchev–Trinajstić information content (AvgIpc) is 2.38. The molecule has 1 saturated carbocycles. The smallest absolute Gasteiger partial charge is 0.335 e. The zero-order chi connectivity index (χ0) is 14.8. The second-order valence-electron chi connectivity index (χ2n) is 6.16. The highest BCUT2D eigenvalue weighted by Crippen LogP contribution is 2.41. The largest absolute Gasteiger partial charge is 0.478 e. The topological polar surface area (TPSA) is 66.4 Å². The van der Waals surface area contributed by atoms with Gasteiger partial charge < -0.3 is 10.4 Å². The van der Waals surface area contributed by atoms with E-state index in [2.05, 4.69) is 19.2 Å². The normalized spacial score (nSPS) is 21.2. The van der Waals surface area contributed by atoms with Gasteiger partial charge in [0, 0.05) is 11.6 Å². The van der Waals surface area contributed by atoms with Crippen molar-refractivity contribution in [2.75, 3.05) is 5.32 Å². The monoisotopic (exact) mass is 275 g/mol. The summed E-state index contributed by atoms with van der Waals surface area (Å²) in [7, 11) is 0. The molecule has 1 atom stereocenters. The summed E-state index contributed by atoms with van der Waals surface area (Å²) in [5.74, 6) is -0.899. The summed E-state index contributed by atoms with van der Waals surface area (Å²) in [5.41, 5.74) is 0.908. The average molecular weight is 275 g/mol. The lowest BCUT2D eigenvalue weighted by atomic mass is 9.68. The number of hydrogen-bond acceptors (Lipinski definition) is 2. The lowest BCUT2D eigenvalue weighted by molar-refractivity contribution is -0.124. The van der Waals surface area contributed by atoms with Crippen molar-refractivity contribution in [1.29, 1.82) is 0 Å². The second kappa shape index (κ2) is 5.65. The summed E-state index contributed by atoms with van der Waals surface area (Å²) in [6.45, 7) is 4.29. The number of carboxylic acid groups (broad SMARTS) is 1. The molecule has 1 aromatic rings. The lowest BCUT2D eigenvalue weighted by Crippen LogP contribution is -2.37. The van der Waals surface area contributed by atoms with Gasteiger partial charge in [0.2, 0.25) is 5.91 Å². The molecule has 108 valence electrons. The van der Waals surface area contributed by atoms with E-state index in [9.17, 15) is 9.59 Å². The Morgan fingerprint density at radius 3 is 2.40 bits per heavy atom. The standard InChI is InChI=1S/C16H21NO3/c1-16(2)10-4-3-5-13(16)14(18)17-12-8-6-11(7-9-12)15(19)20/h6-9,13H,3-5,10H2,1-2H3,(H,17,18)(H,19,20). The minimum absolute atomic E-state index is 0.0235. The summed E-state index contributed by atoms with van der Waals surface area (Å²) in [5, 5.41) is 11.7. The van der Waals surface area contributed by atoms with Gasteiger partial charge in [-0.25, -0.2) is 4.79 Å². The zero-order valence-electron chi connectivity index (χ0n) is 12.0. The summed E-state index contributed by atoms with van der Waals surface area (Å²) in [6, 6.07) is 6.28. The minimum Gasteiger partial charge on any atom is -0.478 e. The molecule has 20 heavy (non-hydrogen) atoms. The lowest BCUT2D eigenvalue weighted by Gasteiger charge is -2.37. The molecular formula is C16H21NO3. The van der Waals surface area contributed by atoms with Crippen molar-refractivity contribution in [3.05, 3.63) is 29.8 Å². The third-order valence-electron chi connectivity index (χ3n) is 4.22. The molecular weight excluding hydrogens is 254 g/mol. The molecule has 0 aromatic heterocycles. The van der Waals surface area contributed by atoms with Crippen molar-refractivity contribution in [3.8, 4) is 0 Å². The quantitative estimate of drug-likeness (QED) is 0.886. The van der Waals surface area contributed by atoms with Crippen LogP contribution < -0.4 is 5.32 Å². The Kier molecular flexibility index (Phi) is 4.12. The maximum atomic E-state index is 12.4. The van der Waals surface area contributed by atoms with E-state index < -0.39 is 5.97 Å². The fraction of sp³-hybridized carbons (Fsp3) is 0.500. The summed E-state index contributed by atoms with van der Waals surface area (Å²) in [4.78, 5) is 23.2. The molecule has 1 fully saturated rings. The molecule has 0 spiro atoms. The van der Waals surface area contributed by atoms with Gasteiger partial charge in [-0.15, -0.1) is 0 Å². The van der Waals surface area contributed by atoms with E-state index in [1.807, 2.05) is 0 Å². The molecule has 1 aromatic carbocycles.